The third kappa shape index (κ3) is 4.85. The van der Waals surface area contributed by atoms with Crippen LogP contribution in [0.4, 0.5) is 0 Å². The Bertz CT molecular complexity index is 1090. The number of hydrogen-bond acceptors (Lipinski definition) is 3. The molecular formula is C25H28N4O2. The molecule has 2 aromatic carbocycles. The number of aromatic nitrogens is 2. The van der Waals surface area contributed by atoms with Crippen molar-refractivity contribution in [3.8, 4) is 0 Å². The van der Waals surface area contributed by atoms with E-state index in [0.29, 0.717) is 44.1 Å². The highest BCUT2D eigenvalue weighted by molar-refractivity contribution is 5.95. The highest BCUT2D eigenvalue weighted by Gasteiger charge is 2.24. The second kappa shape index (κ2) is 9.16. The molecule has 0 aliphatic carbocycles. The molecule has 3 aromatic rings. The van der Waals surface area contributed by atoms with E-state index in [1.165, 1.54) is 0 Å². The van der Waals surface area contributed by atoms with E-state index < -0.39 is 0 Å². The van der Waals surface area contributed by atoms with Gasteiger partial charge in [0.05, 0.1) is 11.2 Å². The van der Waals surface area contributed by atoms with Crippen LogP contribution in [0.1, 0.15) is 41.9 Å². The van der Waals surface area contributed by atoms with Crippen LogP contribution in [0.5, 0.6) is 0 Å². The second-order valence-corrected chi connectivity index (χ2v) is 8.38. The van der Waals surface area contributed by atoms with Crippen molar-refractivity contribution in [3.05, 3.63) is 65.4 Å². The lowest BCUT2D eigenvalue weighted by Crippen LogP contribution is -2.50. The highest BCUT2D eigenvalue weighted by Crippen LogP contribution is 2.18. The summed E-state index contributed by atoms with van der Waals surface area (Å²) in [7, 11) is 0. The van der Waals surface area contributed by atoms with Crippen LogP contribution in [-0.4, -0.2) is 58.0 Å². The first-order valence-electron chi connectivity index (χ1n) is 10.8. The van der Waals surface area contributed by atoms with Gasteiger partial charge in [-0.05, 0) is 35.8 Å². The minimum atomic E-state index is 0.0183. The van der Waals surface area contributed by atoms with Gasteiger partial charge < -0.3 is 9.80 Å². The first-order chi connectivity index (χ1) is 15.0. The van der Waals surface area contributed by atoms with Gasteiger partial charge >= 0.3 is 0 Å². The summed E-state index contributed by atoms with van der Waals surface area (Å²) in [4.78, 5) is 28.8. The lowest BCUT2D eigenvalue weighted by Gasteiger charge is -2.35. The monoisotopic (exact) mass is 416 g/mol. The molecule has 0 radical (unpaired) electrons. The van der Waals surface area contributed by atoms with Gasteiger partial charge in [0.15, 0.2) is 0 Å². The SMILES string of the molecule is CC(C)CC(=O)N1CCN(C(=O)c2ccc(C=Cc3n[nH]c4ccccc34)cc2)CC1. The maximum atomic E-state index is 12.8. The molecule has 6 heteroatoms. The number of H-pyrrole nitrogens is 1. The molecule has 1 saturated heterocycles. The summed E-state index contributed by atoms with van der Waals surface area (Å²) in [6, 6.07) is 15.6. The first-order valence-corrected chi connectivity index (χ1v) is 10.8. The van der Waals surface area contributed by atoms with E-state index in [9.17, 15) is 9.59 Å². The molecule has 1 aromatic heterocycles. The van der Waals surface area contributed by atoms with Gasteiger partial charge in [-0.25, -0.2) is 0 Å². The molecule has 2 amide bonds. The summed E-state index contributed by atoms with van der Waals surface area (Å²) in [5.41, 5.74) is 3.58. The summed E-state index contributed by atoms with van der Waals surface area (Å²) in [6.45, 7) is 6.47. The third-order valence-electron chi connectivity index (χ3n) is 5.59. The van der Waals surface area contributed by atoms with Crippen LogP contribution in [-0.2, 0) is 4.79 Å². The predicted octanol–water partition coefficient (Wildman–Crippen LogP) is 4.06. The van der Waals surface area contributed by atoms with Gasteiger partial charge in [0.25, 0.3) is 5.91 Å². The number of aromatic amines is 1. The molecule has 6 nitrogen and oxygen atoms in total. The zero-order chi connectivity index (χ0) is 21.8. The number of carbonyl (C=O) groups is 2. The van der Waals surface area contributed by atoms with E-state index in [2.05, 4.69) is 10.2 Å². The Hall–Kier alpha value is -3.41. The Morgan fingerprint density at radius 1 is 0.968 bits per heavy atom. The van der Waals surface area contributed by atoms with Crippen molar-refractivity contribution in [2.45, 2.75) is 20.3 Å². The smallest absolute Gasteiger partial charge is 0.253 e. The number of piperazine rings is 1. The number of fused-ring (bicyclic) bond motifs is 1. The number of benzene rings is 2. The predicted molar refractivity (Wildman–Crippen MR) is 123 cm³/mol. The van der Waals surface area contributed by atoms with Gasteiger partial charge in [-0.2, -0.15) is 5.10 Å². The fourth-order valence-corrected chi connectivity index (χ4v) is 3.84. The van der Waals surface area contributed by atoms with Crippen LogP contribution in [0.25, 0.3) is 23.1 Å². The fourth-order valence-electron chi connectivity index (χ4n) is 3.84. The molecule has 0 spiro atoms. The summed E-state index contributed by atoms with van der Waals surface area (Å²) in [5.74, 6) is 0.555. The molecule has 0 bridgehead atoms. The summed E-state index contributed by atoms with van der Waals surface area (Å²) < 4.78 is 0. The molecule has 0 saturated carbocycles. The number of nitrogens with one attached hydrogen (secondary N) is 1. The van der Waals surface area contributed by atoms with E-state index in [1.807, 2.05) is 84.3 Å². The first kappa shape index (κ1) is 20.8. The molecule has 1 fully saturated rings. The number of para-hydroxylation sites is 1. The third-order valence-corrected chi connectivity index (χ3v) is 5.59. The summed E-state index contributed by atoms with van der Waals surface area (Å²) in [5, 5.41) is 8.46. The van der Waals surface area contributed by atoms with Gasteiger partial charge in [0, 0.05) is 43.5 Å². The van der Waals surface area contributed by atoms with E-state index in [-0.39, 0.29) is 11.8 Å². The maximum Gasteiger partial charge on any atom is 0.253 e. The number of hydrogen-bond donors (Lipinski definition) is 1. The Kier molecular flexibility index (Phi) is 6.16. The van der Waals surface area contributed by atoms with Crippen LogP contribution >= 0.6 is 0 Å². The molecule has 0 atom stereocenters. The number of carbonyl (C=O) groups excluding carboxylic acids is 2. The highest BCUT2D eigenvalue weighted by atomic mass is 16.2. The van der Waals surface area contributed by atoms with Crippen molar-refractivity contribution in [2.24, 2.45) is 5.92 Å². The molecule has 1 aliphatic heterocycles. The Morgan fingerprint density at radius 3 is 2.35 bits per heavy atom. The fraction of sp³-hybridized carbons (Fsp3) is 0.320. The van der Waals surface area contributed by atoms with Crippen molar-refractivity contribution < 1.29 is 9.59 Å². The van der Waals surface area contributed by atoms with Crippen LogP contribution in [0, 0.1) is 5.92 Å². The van der Waals surface area contributed by atoms with Crippen LogP contribution in [0.15, 0.2) is 48.5 Å². The lowest BCUT2D eigenvalue weighted by molar-refractivity contribution is -0.133. The van der Waals surface area contributed by atoms with Crippen molar-refractivity contribution >= 4 is 34.9 Å². The lowest BCUT2D eigenvalue weighted by atomic mass is 10.1. The molecule has 1 aliphatic rings. The van der Waals surface area contributed by atoms with Gasteiger partial charge in [-0.1, -0.05) is 50.3 Å². The van der Waals surface area contributed by atoms with E-state index in [0.717, 1.165) is 22.2 Å². The zero-order valence-corrected chi connectivity index (χ0v) is 18.0. The van der Waals surface area contributed by atoms with Crippen molar-refractivity contribution in [1.82, 2.24) is 20.0 Å². The average Bonchev–Trinajstić information content (AvgIpc) is 3.20. The maximum absolute atomic E-state index is 12.8. The van der Waals surface area contributed by atoms with Gasteiger partial charge in [-0.3, -0.25) is 14.7 Å². The number of rotatable bonds is 5. The molecule has 160 valence electrons. The molecule has 1 N–H and O–H groups in total. The van der Waals surface area contributed by atoms with E-state index >= 15 is 0 Å². The van der Waals surface area contributed by atoms with Gasteiger partial charge in [0.2, 0.25) is 5.91 Å². The average molecular weight is 417 g/mol. The minimum Gasteiger partial charge on any atom is -0.339 e. The zero-order valence-electron chi connectivity index (χ0n) is 18.0. The topological polar surface area (TPSA) is 69.3 Å². The van der Waals surface area contributed by atoms with E-state index in [4.69, 9.17) is 0 Å². The van der Waals surface area contributed by atoms with Crippen LogP contribution in [0.3, 0.4) is 0 Å². The number of nitrogens with zero attached hydrogens (tertiary/aromatic N) is 3. The second-order valence-electron chi connectivity index (χ2n) is 8.38. The van der Waals surface area contributed by atoms with Crippen molar-refractivity contribution in [3.63, 3.8) is 0 Å². The molecule has 2 heterocycles. The number of amides is 2. The summed E-state index contributed by atoms with van der Waals surface area (Å²) in [6.07, 6.45) is 4.54. The Balaban J connectivity index is 1.36. The quantitative estimate of drug-likeness (QED) is 0.682. The van der Waals surface area contributed by atoms with Gasteiger partial charge in [-0.15, -0.1) is 0 Å². The van der Waals surface area contributed by atoms with Crippen LogP contribution in [0.2, 0.25) is 0 Å². The minimum absolute atomic E-state index is 0.0183. The van der Waals surface area contributed by atoms with Crippen molar-refractivity contribution in [2.75, 3.05) is 26.2 Å². The van der Waals surface area contributed by atoms with E-state index in [1.54, 1.807) is 0 Å². The molecular weight excluding hydrogens is 388 g/mol. The van der Waals surface area contributed by atoms with Crippen LogP contribution < -0.4 is 0 Å². The molecule has 0 unspecified atom stereocenters. The standard InChI is InChI=1S/C25H28N4O2/c1-18(2)17-24(30)28-13-15-29(16-14-28)25(31)20-10-7-19(8-11-20)9-12-23-21-5-3-4-6-22(21)26-27-23/h3-12,18H,13-17H2,1-2H3,(H,26,27). The van der Waals surface area contributed by atoms with Crippen molar-refractivity contribution in [1.29, 1.82) is 0 Å². The molecule has 31 heavy (non-hydrogen) atoms. The van der Waals surface area contributed by atoms with Gasteiger partial charge in [0.1, 0.15) is 0 Å². The Labute approximate surface area is 182 Å². The molecule has 4 rings (SSSR count). The Morgan fingerprint density at radius 2 is 1.65 bits per heavy atom. The largest absolute Gasteiger partial charge is 0.339 e. The summed E-state index contributed by atoms with van der Waals surface area (Å²) >= 11 is 0. The normalized spacial score (nSPS) is 14.7.